The Balaban J connectivity index is 1.55. The second-order valence-electron chi connectivity index (χ2n) is 8.75. The Morgan fingerprint density at radius 2 is 1.88 bits per heavy atom. The number of carbonyl (C=O) groups is 3. The quantitative estimate of drug-likeness (QED) is 0.438. The molecule has 34 heavy (non-hydrogen) atoms. The van der Waals surface area contributed by atoms with Gasteiger partial charge in [0.2, 0.25) is 5.91 Å². The first-order chi connectivity index (χ1) is 16.0. The van der Waals surface area contributed by atoms with E-state index >= 15 is 0 Å². The standard InChI is InChI=1S/C25H23BrClN3O3S/c1-14-12-25(2,3)29(4)20-11-19(27)15(9-18(14)20)10-21-23(32)30(24(33)34-21)13-22(31)28-17-7-5-16(26)6-8-17/h5-12H,13H2,1-4H3,(H,28,31)/b21-10+. The Kier molecular flexibility index (Phi) is 6.68. The van der Waals surface area contributed by atoms with Crippen LogP contribution in [0.2, 0.25) is 5.02 Å². The van der Waals surface area contributed by atoms with Crippen LogP contribution in [0.3, 0.4) is 0 Å². The number of nitrogens with zero attached hydrogens (tertiary/aromatic N) is 2. The van der Waals surface area contributed by atoms with Crippen molar-refractivity contribution in [3.63, 3.8) is 0 Å². The predicted octanol–water partition coefficient (Wildman–Crippen LogP) is 6.41. The van der Waals surface area contributed by atoms with E-state index in [-0.39, 0.29) is 17.0 Å². The van der Waals surface area contributed by atoms with Crippen molar-refractivity contribution in [2.45, 2.75) is 26.3 Å². The van der Waals surface area contributed by atoms with Crippen LogP contribution in [-0.2, 0) is 9.59 Å². The van der Waals surface area contributed by atoms with Crippen LogP contribution in [0.25, 0.3) is 11.6 Å². The zero-order valence-corrected chi connectivity index (χ0v) is 22.3. The number of hydrogen-bond acceptors (Lipinski definition) is 5. The van der Waals surface area contributed by atoms with Gasteiger partial charge in [-0.2, -0.15) is 0 Å². The molecule has 0 aliphatic carbocycles. The van der Waals surface area contributed by atoms with Gasteiger partial charge in [0.25, 0.3) is 11.1 Å². The molecule has 2 aliphatic heterocycles. The van der Waals surface area contributed by atoms with Gasteiger partial charge in [0.1, 0.15) is 6.54 Å². The largest absolute Gasteiger partial charge is 0.365 e. The summed E-state index contributed by atoms with van der Waals surface area (Å²) < 4.78 is 0.878. The van der Waals surface area contributed by atoms with Gasteiger partial charge < -0.3 is 10.2 Å². The van der Waals surface area contributed by atoms with Crippen molar-refractivity contribution < 1.29 is 14.4 Å². The van der Waals surface area contributed by atoms with Gasteiger partial charge >= 0.3 is 0 Å². The van der Waals surface area contributed by atoms with Crippen molar-refractivity contribution in [2.75, 3.05) is 23.8 Å². The molecule has 2 aromatic rings. The molecule has 2 heterocycles. The first-order valence-corrected chi connectivity index (χ1v) is 12.5. The number of nitrogens with one attached hydrogen (secondary N) is 1. The summed E-state index contributed by atoms with van der Waals surface area (Å²) in [4.78, 5) is 41.2. The van der Waals surface area contributed by atoms with E-state index in [0.29, 0.717) is 16.3 Å². The highest BCUT2D eigenvalue weighted by Crippen LogP contribution is 2.42. The molecule has 0 atom stereocenters. The molecule has 0 spiro atoms. The Morgan fingerprint density at radius 3 is 2.56 bits per heavy atom. The number of fused-ring (bicyclic) bond motifs is 1. The average Bonchev–Trinajstić information content (AvgIpc) is 3.02. The lowest BCUT2D eigenvalue weighted by Crippen LogP contribution is -2.42. The number of anilines is 2. The number of benzene rings is 2. The highest BCUT2D eigenvalue weighted by molar-refractivity contribution is 9.10. The molecule has 3 amide bonds. The monoisotopic (exact) mass is 559 g/mol. The van der Waals surface area contributed by atoms with E-state index in [1.165, 1.54) is 0 Å². The van der Waals surface area contributed by atoms with E-state index < -0.39 is 17.1 Å². The Labute approximate surface area is 216 Å². The smallest absolute Gasteiger partial charge is 0.294 e. The zero-order valence-electron chi connectivity index (χ0n) is 19.1. The lowest BCUT2D eigenvalue weighted by atomic mass is 9.88. The molecule has 0 saturated carbocycles. The molecule has 0 bridgehead atoms. The summed E-state index contributed by atoms with van der Waals surface area (Å²) in [7, 11) is 2.02. The number of imide groups is 1. The van der Waals surface area contributed by atoms with E-state index in [0.717, 1.165) is 38.0 Å². The normalized spacial score (nSPS) is 18.3. The van der Waals surface area contributed by atoms with Gasteiger partial charge in [-0.05, 0) is 86.1 Å². The van der Waals surface area contributed by atoms with E-state index in [9.17, 15) is 14.4 Å². The zero-order chi connectivity index (χ0) is 24.8. The summed E-state index contributed by atoms with van der Waals surface area (Å²) in [6.07, 6.45) is 3.80. The number of hydrogen-bond donors (Lipinski definition) is 1. The van der Waals surface area contributed by atoms with Crippen LogP contribution in [0, 0.1) is 0 Å². The third kappa shape index (κ3) is 4.80. The maximum Gasteiger partial charge on any atom is 0.294 e. The van der Waals surface area contributed by atoms with Crippen LogP contribution in [-0.4, -0.2) is 41.1 Å². The minimum absolute atomic E-state index is 0.151. The second kappa shape index (κ2) is 9.24. The summed E-state index contributed by atoms with van der Waals surface area (Å²) in [6.45, 7) is 5.94. The van der Waals surface area contributed by atoms with Gasteiger partial charge in [-0.3, -0.25) is 19.3 Å². The van der Waals surface area contributed by atoms with Crippen molar-refractivity contribution in [1.29, 1.82) is 0 Å². The molecule has 4 rings (SSSR count). The summed E-state index contributed by atoms with van der Waals surface area (Å²) in [5, 5.41) is 2.68. The second-order valence-corrected chi connectivity index (χ2v) is 11.1. The fourth-order valence-electron chi connectivity index (χ4n) is 3.95. The molecule has 1 fully saturated rings. The molecule has 0 unspecified atom stereocenters. The van der Waals surface area contributed by atoms with Crippen LogP contribution < -0.4 is 10.2 Å². The third-order valence-electron chi connectivity index (χ3n) is 5.93. The molecular weight excluding hydrogens is 538 g/mol. The number of rotatable bonds is 4. The highest BCUT2D eigenvalue weighted by Gasteiger charge is 2.37. The summed E-state index contributed by atoms with van der Waals surface area (Å²) in [5.41, 5.74) is 4.21. The van der Waals surface area contributed by atoms with Gasteiger partial charge in [-0.1, -0.05) is 33.6 Å². The number of thioether (sulfide) groups is 1. The first-order valence-electron chi connectivity index (χ1n) is 10.5. The fraction of sp³-hybridized carbons (Fsp3) is 0.240. The van der Waals surface area contributed by atoms with E-state index in [4.69, 9.17) is 11.6 Å². The maximum absolute atomic E-state index is 12.9. The van der Waals surface area contributed by atoms with E-state index in [1.54, 1.807) is 30.3 Å². The van der Waals surface area contributed by atoms with Gasteiger partial charge in [-0.15, -0.1) is 0 Å². The predicted molar refractivity (Wildman–Crippen MR) is 143 cm³/mol. The van der Waals surface area contributed by atoms with Gasteiger partial charge in [0.05, 0.1) is 10.4 Å². The Hall–Kier alpha value is -2.55. The topological polar surface area (TPSA) is 69.7 Å². The molecule has 0 radical (unpaired) electrons. The van der Waals surface area contributed by atoms with Gasteiger partial charge in [-0.25, -0.2) is 0 Å². The van der Waals surface area contributed by atoms with Crippen LogP contribution >= 0.6 is 39.3 Å². The number of halogens is 2. The Bertz CT molecular complexity index is 1270. The lowest BCUT2D eigenvalue weighted by Gasteiger charge is -2.40. The van der Waals surface area contributed by atoms with E-state index in [1.807, 2.05) is 26.1 Å². The molecule has 2 aromatic carbocycles. The van der Waals surface area contributed by atoms with Crippen LogP contribution in [0.1, 0.15) is 31.9 Å². The maximum atomic E-state index is 12.9. The lowest BCUT2D eigenvalue weighted by molar-refractivity contribution is -0.127. The first kappa shape index (κ1) is 24.6. The number of amides is 3. The molecule has 0 aromatic heterocycles. The third-order valence-corrected chi connectivity index (χ3v) is 7.69. The molecule has 1 saturated heterocycles. The molecular formula is C25H23BrClN3O3S. The number of likely N-dealkylation sites (N-methyl/N-ethyl adjacent to an activating group) is 1. The summed E-state index contributed by atoms with van der Waals surface area (Å²) >= 11 is 10.7. The average molecular weight is 561 g/mol. The van der Waals surface area contributed by atoms with Crippen molar-refractivity contribution >= 4 is 79.4 Å². The van der Waals surface area contributed by atoms with Crippen LogP contribution in [0.15, 0.2) is 51.9 Å². The van der Waals surface area contributed by atoms with Crippen LogP contribution in [0.4, 0.5) is 16.2 Å². The SMILES string of the molecule is CC1=CC(C)(C)N(C)c2cc(Cl)c(/C=C3/SC(=O)N(CC(=O)Nc4ccc(Br)cc4)C3=O)cc21. The summed E-state index contributed by atoms with van der Waals surface area (Å²) in [6, 6.07) is 10.8. The van der Waals surface area contributed by atoms with Crippen molar-refractivity contribution in [3.8, 4) is 0 Å². The molecule has 9 heteroatoms. The van der Waals surface area contributed by atoms with Gasteiger partial charge in [0.15, 0.2) is 0 Å². The molecule has 2 aliphatic rings. The van der Waals surface area contributed by atoms with Crippen LogP contribution in [0.5, 0.6) is 0 Å². The molecule has 6 nitrogen and oxygen atoms in total. The Morgan fingerprint density at radius 1 is 1.21 bits per heavy atom. The minimum atomic E-state index is -0.514. The number of allylic oxidation sites excluding steroid dienone is 1. The van der Waals surface area contributed by atoms with Crippen molar-refractivity contribution in [1.82, 2.24) is 4.90 Å². The number of carbonyl (C=O) groups excluding carboxylic acids is 3. The summed E-state index contributed by atoms with van der Waals surface area (Å²) in [5.74, 6) is -0.968. The van der Waals surface area contributed by atoms with E-state index in [2.05, 4.69) is 46.1 Å². The van der Waals surface area contributed by atoms with Gasteiger partial charge in [0, 0.05) is 33.5 Å². The van der Waals surface area contributed by atoms with Crippen molar-refractivity contribution in [2.24, 2.45) is 0 Å². The fourth-order valence-corrected chi connectivity index (χ4v) is 5.26. The molecule has 1 N–H and O–H groups in total. The molecule has 176 valence electrons. The minimum Gasteiger partial charge on any atom is -0.365 e. The highest BCUT2D eigenvalue weighted by atomic mass is 79.9. The van der Waals surface area contributed by atoms with Crippen molar-refractivity contribution in [3.05, 3.63) is 68.0 Å².